The van der Waals surface area contributed by atoms with E-state index < -0.39 is 0 Å². The molecule has 0 unspecified atom stereocenters. The van der Waals surface area contributed by atoms with Gasteiger partial charge in [-0.3, -0.25) is 4.79 Å². The van der Waals surface area contributed by atoms with Crippen LogP contribution in [0.5, 0.6) is 0 Å². The first kappa shape index (κ1) is 14.9. The lowest BCUT2D eigenvalue weighted by molar-refractivity contribution is -0.888. The van der Waals surface area contributed by atoms with Crippen LogP contribution in [0.4, 0.5) is 0 Å². The van der Waals surface area contributed by atoms with Gasteiger partial charge in [0.15, 0.2) is 0 Å². The van der Waals surface area contributed by atoms with Crippen molar-refractivity contribution >= 4 is 5.97 Å². The van der Waals surface area contributed by atoms with Gasteiger partial charge in [0.05, 0.1) is 26.7 Å². The molecule has 0 aliphatic rings. The number of quaternary nitrogens is 1. The molecule has 92 valence electrons. The standard InChI is InChI=1S/C13H23NO2/c1-4-10-14(11-5-2)12-8-6-7-9-13(15)16-3/h4-5H,1-2,6-12H2,3H3/p+1. The predicted molar refractivity (Wildman–Crippen MR) is 66.4 cm³/mol. The molecule has 0 aliphatic heterocycles. The molecule has 1 N–H and O–H groups in total. The largest absolute Gasteiger partial charge is 0.469 e. The summed E-state index contributed by atoms with van der Waals surface area (Å²) in [6.45, 7) is 10.6. The Morgan fingerprint density at radius 3 is 2.31 bits per heavy atom. The van der Waals surface area contributed by atoms with E-state index in [1.807, 2.05) is 12.2 Å². The van der Waals surface area contributed by atoms with Gasteiger partial charge < -0.3 is 9.64 Å². The van der Waals surface area contributed by atoms with Gasteiger partial charge in [-0.15, -0.1) is 0 Å². The highest BCUT2D eigenvalue weighted by Crippen LogP contribution is 1.99. The average molecular weight is 226 g/mol. The molecular weight excluding hydrogens is 202 g/mol. The second kappa shape index (κ2) is 10.4. The monoisotopic (exact) mass is 226 g/mol. The minimum atomic E-state index is -0.110. The van der Waals surface area contributed by atoms with Gasteiger partial charge in [0.1, 0.15) is 0 Å². The number of rotatable bonds is 10. The lowest BCUT2D eigenvalue weighted by Crippen LogP contribution is -3.11. The molecule has 0 rings (SSSR count). The Labute approximate surface area is 98.8 Å². The molecule has 0 amide bonds. The van der Waals surface area contributed by atoms with Gasteiger partial charge in [-0.1, -0.05) is 13.2 Å². The van der Waals surface area contributed by atoms with E-state index >= 15 is 0 Å². The van der Waals surface area contributed by atoms with Gasteiger partial charge in [-0.05, 0) is 31.4 Å². The van der Waals surface area contributed by atoms with E-state index in [2.05, 4.69) is 17.9 Å². The fourth-order valence-electron chi connectivity index (χ4n) is 1.62. The van der Waals surface area contributed by atoms with Gasteiger partial charge in [0.2, 0.25) is 0 Å². The van der Waals surface area contributed by atoms with Crippen LogP contribution in [0.15, 0.2) is 25.3 Å². The first-order valence-electron chi connectivity index (χ1n) is 5.86. The van der Waals surface area contributed by atoms with Crippen molar-refractivity contribution in [1.82, 2.24) is 0 Å². The topological polar surface area (TPSA) is 30.7 Å². The van der Waals surface area contributed by atoms with E-state index in [1.54, 1.807) is 0 Å². The summed E-state index contributed by atoms with van der Waals surface area (Å²) in [4.78, 5) is 12.3. The molecule has 0 atom stereocenters. The van der Waals surface area contributed by atoms with E-state index in [0.29, 0.717) is 6.42 Å². The van der Waals surface area contributed by atoms with Gasteiger partial charge >= 0.3 is 5.97 Å². The number of carbonyl (C=O) groups is 1. The highest BCUT2D eigenvalue weighted by Gasteiger charge is 2.04. The summed E-state index contributed by atoms with van der Waals surface area (Å²) in [6, 6.07) is 0. The summed E-state index contributed by atoms with van der Waals surface area (Å²) in [5, 5.41) is 0. The van der Waals surface area contributed by atoms with Crippen LogP contribution < -0.4 is 4.90 Å². The van der Waals surface area contributed by atoms with E-state index in [0.717, 1.165) is 38.9 Å². The average Bonchev–Trinajstić information content (AvgIpc) is 2.28. The van der Waals surface area contributed by atoms with E-state index in [1.165, 1.54) is 12.0 Å². The summed E-state index contributed by atoms with van der Waals surface area (Å²) in [6.07, 6.45) is 7.54. The number of hydrogen-bond donors (Lipinski definition) is 1. The quantitative estimate of drug-likeness (QED) is 0.342. The summed E-state index contributed by atoms with van der Waals surface area (Å²) in [5.41, 5.74) is 0. The fraction of sp³-hybridized carbons (Fsp3) is 0.615. The minimum absolute atomic E-state index is 0.110. The highest BCUT2D eigenvalue weighted by molar-refractivity contribution is 5.68. The molecule has 0 saturated heterocycles. The molecule has 0 heterocycles. The second-order valence-electron chi connectivity index (χ2n) is 3.87. The van der Waals surface area contributed by atoms with Crippen molar-refractivity contribution in [3.8, 4) is 0 Å². The van der Waals surface area contributed by atoms with Crippen molar-refractivity contribution in [2.75, 3.05) is 26.7 Å². The van der Waals surface area contributed by atoms with E-state index in [-0.39, 0.29) is 5.97 Å². The number of hydrogen-bond acceptors (Lipinski definition) is 2. The number of methoxy groups -OCH3 is 1. The summed E-state index contributed by atoms with van der Waals surface area (Å²) >= 11 is 0. The maximum atomic E-state index is 10.9. The fourth-order valence-corrected chi connectivity index (χ4v) is 1.62. The smallest absolute Gasteiger partial charge is 0.305 e. The molecule has 0 aromatic carbocycles. The first-order chi connectivity index (χ1) is 7.74. The van der Waals surface area contributed by atoms with Gasteiger partial charge in [0.25, 0.3) is 0 Å². The maximum Gasteiger partial charge on any atom is 0.305 e. The highest BCUT2D eigenvalue weighted by atomic mass is 16.5. The number of nitrogens with one attached hydrogen (secondary N) is 1. The molecule has 16 heavy (non-hydrogen) atoms. The lowest BCUT2D eigenvalue weighted by atomic mass is 10.2. The zero-order chi connectivity index (χ0) is 12.2. The summed E-state index contributed by atoms with van der Waals surface area (Å²) in [7, 11) is 1.43. The molecule has 3 nitrogen and oxygen atoms in total. The Balaban J connectivity index is 3.49. The Hall–Kier alpha value is -1.09. The number of carbonyl (C=O) groups excluding carboxylic acids is 1. The molecule has 0 aliphatic carbocycles. The molecule has 0 spiro atoms. The minimum Gasteiger partial charge on any atom is -0.469 e. The molecule has 0 saturated carbocycles. The summed E-state index contributed by atoms with van der Waals surface area (Å²) in [5.74, 6) is -0.110. The number of unbranched alkanes of at least 4 members (excludes halogenated alkanes) is 2. The third kappa shape index (κ3) is 8.24. The Kier molecular flexibility index (Phi) is 9.72. The molecule has 0 bridgehead atoms. The molecule has 0 radical (unpaired) electrons. The molecular formula is C13H24NO2+. The van der Waals surface area contributed by atoms with Crippen molar-refractivity contribution in [2.45, 2.75) is 25.7 Å². The SMILES string of the molecule is C=CC[NH+](CC=C)CCCCCC(=O)OC. The van der Waals surface area contributed by atoms with Gasteiger partial charge in [0, 0.05) is 6.42 Å². The van der Waals surface area contributed by atoms with Crippen LogP contribution in [0.2, 0.25) is 0 Å². The Morgan fingerprint density at radius 1 is 1.19 bits per heavy atom. The van der Waals surface area contributed by atoms with Crippen LogP contribution in [-0.2, 0) is 9.53 Å². The first-order valence-corrected chi connectivity index (χ1v) is 5.86. The van der Waals surface area contributed by atoms with Crippen LogP contribution in [0, 0.1) is 0 Å². The zero-order valence-corrected chi connectivity index (χ0v) is 10.3. The number of ether oxygens (including phenoxy) is 1. The Bertz CT molecular complexity index is 204. The van der Waals surface area contributed by atoms with Crippen molar-refractivity contribution in [2.24, 2.45) is 0 Å². The Morgan fingerprint density at radius 2 is 1.81 bits per heavy atom. The van der Waals surface area contributed by atoms with E-state index in [9.17, 15) is 4.79 Å². The molecule has 0 fully saturated rings. The maximum absolute atomic E-state index is 10.9. The normalized spacial score (nSPS) is 10.1. The van der Waals surface area contributed by atoms with Gasteiger partial charge in [-0.2, -0.15) is 0 Å². The van der Waals surface area contributed by atoms with Crippen molar-refractivity contribution in [3.63, 3.8) is 0 Å². The lowest BCUT2D eigenvalue weighted by Gasteiger charge is -2.15. The third-order valence-corrected chi connectivity index (χ3v) is 2.50. The van der Waals surface area contributed by atoms with Crippen molar-refractivity contribution < 1.29 is 14.4 Å². The van der Waals surface area contributed by atoms with Crippen LogP contribution in [0.3, 0.4) is 0 Å². The van der Waals surface area contributed by atoms with Crippen molar-refractivity contribution in [3.05, 3.63) is 25.3 Å². The van der Waals surface area contributed by atoms with Crippen LogP contribution in [0.25, 0.3) is 0 Å². The number of esters is 1. The second-order valence-corrected chi connectivity index (χ2v) is 3.87. The summed E-state index contributed by atoms with van der Waals surface area (Å²) < 4.78 is 4.58. The van der Waals surface area contributed by atoms with Crippen LogP contribution >= 0.6 is 0 Å². The van der Waals surface area contributed by atoms with E-state index in [4.69, 9.17) is 0 Å². The van der Waals surface area contributed by atoms with Crippen molar-refractivity contribution in [1.29, 1.82) is 0 Å². The predicted octanol–water partition coefficient (Wildman–Crippen LogP) is 0.977. The van der Waals surface area contributed by atoms with Crippen LogP contribution in [0.1, 0.15) is 25.7 Å². The molecule has 0 aromatic heterocycles. The third-order valence-electron chi connectivity index (χ3n) is 2.50. The molecule has 0 aromatic rings. The zero-order valence-electron chi connectivity index (χ0n) is 10.3. The molecule has 3 heteroatoms. The van der Waals surface area contributed by atoms with Gasteiger partial charge in [-0.25, -0.2) is 0 Å². The van der Waals surface area contributed by atoms with Crippen LogP contribution in [-0.4, -0.2) is 32.7 Å².